The number of methoxy groups -OCH3 is 1. The molecule has 2 aromatic rings. The number of anilines is 1. The van der Waals surface area contributed by atoms with Crippen LogP contribution in [0.3, 0.4) is 0 Å². The summed E-state index contributed by atoms with van der Waals surface area (Å²) in [5.74, 6) is 1.87. The number of nitrogens with one attached hydrogen (secondary N) is 2. The summed E-state index contributed by atoms with van der Waals surface area (Å²) in [4.78, 5) is 0. The molecule has 0 unspecified atom stereocenters. The van der Waals surface area contributed by atoms with Gasteiger partial charge in [0.25, 0.3) is 5.95 Å². The van der Waals surface area contributed by atoms with Crippen molar-refractivity contribution in [2.24, 2.45) is 0 Å². The number of aromatic nitrogens is 4. The Bertz CT molecular complexity index is 547. The number of hydrogen-bond acceptors (Lipinski definition) is 6. The number of hydrogen-bond donors (Lipinski definition) is 2. The molecule has 20 heavy (non-hydrogen) atoms. The molecule has 0 aliphatic rings. The molecule has 2 N–H and O–H groups in total. The molecule has 0 saturated heterocycles. The van der Waals surface area contributed by atoms with Crippen molar-refractivity contribution in [2.75, 3.05) is 19.0 Å². The number of H-pyrrole nitrogens is 1. The van der Waals surface area contributed by atoms with Crippen molar-refractivity contribution >= 4 is 21.9 Å². The normalized spacial score (nSPS) is 10.3. The second kappa shape index (κ2) is 7.09. The molecule has 7 nitrogen and oxygen atoms in total. The maximum absolute atomic E-state index is 5.65. The van der Waals surface area contributed by atoms with Crippen molar-refractivity contribution in [3.8, 4) is 11.5 Å². The lowest BCUT2D eigenvalue weighted by molar-refractivity contribution is 0.294. The van der Waals surface area contributed by atoms with Crippen molar-refractivity contribution in [2.45, 2.75) is 19.9 Å². The van der Waals surface area contributed by atoms with E-state index in [0.717, 1.165) is 22.2 Å². The number of rotatable bonds is 7. The Balaban J connectivity index is 2.12. The Labute approximate surface area is 125 Å². The molecule has 0 aliphatic carbocycles. The Kier molecular flexibility index (Phi) is 5.16. The largest absolute Gasteiger partial charge is 0.493 e. The molecule has 0 bridgehead atoms. The molecule has 0 radical (unpaired) electrons. The van der Waals surface area contributed by atoms with E-state index >= 15 is 0 Å². The molecular formula is C12H16BrN5O2. The van der Waals surface area contributed by atoms with Crippen LogP contribution in [0.1, 0.15) is 18.9 Å². The van der Waals surface area contributed by atoms with Crippen LogP contribution in [0, 0.1) is 0 Å². The molecule has 1 aromatic carbocycles. The van der Waals surface area contributed by atoms with E-state index in [1.807, 2.05) is 12.1 Å². The van der Waals surface area contributed by atoms with Crippen LogP contribution < -0.4 is 14.8 Å². The van der Waals surface area contributed by atoms with Crippen LogP contribution in [0.25, 0.3) is 0 Å². The van der Waals surface area contributed by atoms with Gasteiger partial charge in [0.15, 0.2) is 11.5 Å². The minimum Gasteiger partial charge on any atom is -0.493 e. The average Bonchev–Trinajstić information content (AvgIpc) is 2.97. The van der Waals surface area contributed by atoms with Gasteiger partial charge in [-0.2, -0.15) is 5.21 Å². The molecule has 1 heterocycles. The number of tetrazole rings is 1. The zero-order valence-electron chi connectivity index (χ0n) is 11.3. The Morgan fingerprint density at radius 3 is 2.85 bits per heavy atom. The lowest BCUT2D eigenvalue weighted by atomic mass is 10.2. The van der Waals surface area contributed by atoms with E-state index in [2.05, 4.69) is 48.8 Å². The number of aromatic amines is 1. The predicted octanol–water partition coefficient (Wildman–Crippen LogP) is 2.37. The fraction of sp³-hybridized carbons (Fsp3) is 0.417. The highest BCUT2D eigenvalue weighted by Gasteiger charge is 2.10. The van der Waals surface area contributed by atoms with Crippen molar-refractivity contribution in [3.63, 3.8) is 0 Å². The van der Waals surface area contributed by atoms with Crippen LogP contribution in [-0.2, 0) is 6.54 Å². The molecule has 0 amide bonds. The first kappa shape index (κ1) is 14.6. The van der Waals surface area contributed by atoms with E-state index in [4.69, 9.17) is 9.47 Å². The number of nitrogens with zero attached hydrogens (tertiary/aromatic N) is 3. The van der Waals surface area contributed by atoms with Gasteiger partial charge in [0.1, 0.15) is 0 Å². The van der Waals surface area contributed by atoms with Gasteiger partial charge in [-0.05, 0) is 29.3 Å². The molecule has 0 fully saturated rings. The molecule has 0 aliphatic heterocycles. The molecule has 1 aromatic heterocycles. The summed E-state index contributed by atoms with van der Waals surface area (Å²) in [6, 6.07) is 3.82. The maximum Gasteiger partial charge on any atom is 0.263 e. The van der Waals surface area contributed by atoms with Crippen LogP contribution in [0.2, 0.25) is 0 Å². The predicted molar refractivity (Wildman–Crippen MR) is 78.0 cm³/mol. The molecule has 0 saturated carbocycles. The first-order valence-corrected chi connectivity index (χ1v) is 7.00. The fourth-order valence-electron chi connectivity index (χ4n) is 1.61. The molecule has 0 spiro atoms. The van der Waals surface area contributed by atoms with Gasteiger partial charge in [-0.1, -0.05) is 28.0 Å². The number of halogens is 1. The van der Waals surface area contributed by atoms with Crippen molar-refractivity contribution in [3.05, 3.63) is 22.2 Å². The zero-order valence-corrected chi connectivity index (χ0v) is 12.9. The van der Waals surface area contributed by atoms with Gasteiger partial charge in [-0.15, -0.1) is 5.10 Å². The Morgan fingerprint density at radius 1 is 1.35 bits per heavy atom. The van der Waals surface area contributed by atoms with Crippen LogP contribution in [0.15, 0.2) is 16.6 Å². The maximum atomic E-state index is 5.65. The van der Waals surface area contributed by atoms with E-state index in [-0.39, 0.29) is 0 Å². The first-order valence-electron chi connectivity index (χ1n) is 6.21. The Morgan fingerprint density at radius 2 is 2.20 bits per heavy atom. The quantitative estimate of drug-likeness (QED) is 0.804. The summed E-state index contributed by atoms with van der Waals surface area (Å²) in [7, 11) is 1.62. The van der Waals surface area contributed by atoms with E-state index in [1.165, 1.54) is 0 Å². The van der Waals surface area contributed by atoms with Gasteiger partial charge in [-0.25, -0.2) is 0 Å². The van der Waals surface area contributed by atoms with E-state index < -0.39 is 0 Å². The highest BCUT2D eigenvalue weighted by molar-refractivity contribution is 9.10. The van der Waals surface area contributed by atoms with E-state index in [0.29, 0.717) is 24.8 Å². The third-order valence-electron chi connectivity index (χ3n) is 2.58. The minimum atomic E-state index is 0.446. The molecule has 8 heteroatoms. The van der Waals surface area contributed by atoms with Gasteiger partial charge in [-0.3, -0.25) is 0 Å². The minimum absolute atomic E-state index is 0.446. The summed E-state index contributed by atoms with van der Waals surface area (Å²) in [6.07, 6.45) is 0.946. The topological polar surface area (TPSA) is 85.0 Å². The van der Waals surface area contributed by atoms with Crippen molar-refractivity contribution < 1.29 is 9.47 Å². The standard InChI is InChI=1S/C12H16BrN5O2/c1-3-4-20-11-6-9(13)8(5-10(11)19-2)7-14-12-15-17-18-16-12/h5-6H,3-4,7H2,1-2H3,(H2,14,15,16,17,18). The lowest BCUT2D eigenvalue weighted by Gasteiger charge is -2.13. The fourth-order valence-corrected chi connectivity index (χ4v) is 2.07. The van der Waals surface area contributed by atoms with Crippen LogP contribution in [0.4, 0.5) is 5.95 Å². The second-order valence-corrected chi connectivity index (χ2v) is 4.89. The van der Waals surface area contributed by atoms with Crippen molar-refractivity contribution in [1.29, 1.82) is 0 Å². The highest BCUT2D eigenvalue weighted by Crippen LogP contribution is 2.33. The van der Waals surface area contributed by atoms with Gasteiger partial charge >= 0.3 is 0 Å². The molecular weight excluding hydrogens is 326 g/mol. The van der Waals surface area contributed by atoms with Gasteiger partial charge in [0.2, 0.25) is 0 Å². The smallest absolute Gasteiger partial charge is 0.263 e. The average molecular weight is 342 g/mol. The van der Waals surface area contributed by atoms with Gasteiger partial charge in [0.05, 0.1) is 13.7 Å². The van der Waals surface area contributed by atoms with Crippen molar-refractivity contribution in [1.82, 2.24) is 20.6 Å². The third kappa shape index (κ3) is 3.60. The third-order valence-corrected chi connectivity index (χ3v) is 3.31. The number of ether oxygens (including phenoxy) is 2. The monoisotopic (exact) mass is 341 g/mol. The summed E-state index contributed by atoms with van der Waals surface area (Å²) < 4.78 is 11.9. The zero-order chi connectivity index (χ0) is 14.4. The first-order chi connectivity index (χ1) is 9.74. The van der Waals surface area contributed by atoms with Gasteiger partial charge < -0.3 is 14.8 Å². The summed E-state index contributed by atoms with van der Waals surface area (Å²) in [5, 5.41) is 16.6. The van der Waals surface area contributed by atoms with E-state index in [9.17, 15) is 0 Å². The number of benzene rings is 1. The summed E-state index contributed by atoms with van der Waals surface area (Å²) in [6.45, 7) is 3.26. The SMILES string of the molecule is CCCOc1cc(Br)c(CNc2nn[nH]n2)cc1OC. The summed E-state index contributed by atoms with van der Waals surface area (Å²) in [5.41, 5.74) is 1.01. The molecule has 0 atom stereocenters. The summed E-state index contributed by atoms with van der Waals surface area (Å²) >= 11 is 3.53. The Hall–Kier alpha value is -1.83. The lowest BCUT2D eigenvalue weighted by Crippen LogP contribution is -2.04. The van der Waals surface area contributed by atoms with Crippen LogP contribution >= 0.6 is 15.9 Å². The van der Waals surface area contributed by atoms with Crippen LogP contribution in [0.5, 0.6) is 11.5 Å². The van der Waals surface area contributed by atoms with Crippen LogP contribution in [-0.4, -0.2) is 34.3 Å². The van der Waals surface area contributed by atoms with E-state index in [1.54, 1.807) is 7.11 Å². The highest BCUT2D eigenvalue weighted by atomic mass is 79.9. The molecule has 108 valence electrons. The van der Waals surface area contributed by atoms with Gasteiger partial charge in [0, 0.05) is 11.0 Å². The second-order valence-electron chi connectivity index (χ2n) is 4.03. The molecule has 2 rings (SSSR count).